The van der Waals surface area contributed by atoms with Crippen molar-refractivity contribution in [2.24, 2.45) is 5.73 Å². The number of benzene rings is 1. The summed E-state index contributed by atoms with van der Waals surface area (Å²) in [5.74, 6) is -0.181. The fourth-order valence-corrected chi connectivity index (χ4v) is 2.88. The van der Waals surface area contributed by atoms with Gasteiger partial charge in [0, 0.05) is 18.2 Å². The maximum absolute atomic E-state index is 11.6. The number of nitrogens with two attached hydrogens (primary N) is 1. The molecule has 1 amide bonds. The molecule has 0 aliphatic carbocycles. The molecule has 0 atom stereocenters. The molecule has 1 aromatic carbocycles. The maximum Gasteiger partial charge on any atom is 0.493 e. The van der Waals surface area contributed by atoms with Crippen LogP contribution in [-0.2, 0) is 6.54 Å². The number of fused-ring (bicyclic) bond motifs is 1. The topological polar surface area (TPSA) is 152 Å². The Morgan fingerprint density at radius 3 is 2.66 bits per heavy atom. The molecule has 5 N–H and O–H groups in total. The number of hydrogen-bond donors (Lipinski definition) is 4. The van der Waals surface area contributed by atoms with Gasteiger partial charge in [-0.25, -0.2) is 14.5 Å². The van der Waals surface area contributed by atoms with Gasteiger partial charge >= 0.3 is 7.12 Å². The molecule has 0 aliphatic rings. The third-order valence-corrected chi connectivity index (χ3v) is 4.30. The summed E-state index contributed by atoms with van der Waals surface area (Å²) < 4.78 is 1.31. The minimum absolute atomic E-state index is 0.124. The highest BCUT2D eigenvalue weighted by molar-refractivity contribution is 6.60. The van der Waals surface area contributed by atoms with Crippen molar-refractivity contribution in [3.63, 3.8) is 0 Å². The Kier molecular flexibility index (Phi) is 4.89. The number of rotatable bonds is 6. The van der Waals surface area contributed by atoms with Crippen molar-refractivity contribution in [3.8, 4) is 11.5 Å². The molecule has 0 saturated carbocycles. The van der Waals surface area contributed by atoms with Crippen molar-refractivity contribution < 1.29 is 14.8 Å². The van der Waals surface area contributed by atoms with Crippen LogP contribution in [-0.4, -0.2) is 47.9 Å². The molecule has 0 bridgehead atoms. The molecule has 0 radical (unpaired) electrons. The van der Waals surface area contributed by atoms with Crippen LogP contribution in [0.15, 0.2) is 54.7 Å². The van der Waals surface area contributed by atoms with Crippen LogP contribution in [0.5, 0.6) is 0 Å². The lowest BCUT2D eigenvalue weighted by Crippen LogP contribution is -2.34. The van der Waals surface area contributed by atoms with Crippen molar-refractivity contribution in [1.29, 1.82) is 0 Å². The van der Waals surface area contributed by atoms with Crippen molar-refractivity contribution in [2.75, 3.05) is 5.32 Å². The van der Waals surface area contributed by atoms with Gasteiger partial charge in [0.2, 0.25) is 0 Å². The highest BCUT2D eigenvalue weighted by Gasteiger charge is 2.21. The summed E-state index contributed by atoms with van der Waals surface area (Å²) in [7, 11) is -1.75. The third-order valence-electron chi connectivity index (χ3n) is 4.30. The second-order valence-corrected chi connectivity index (χ2v) is 6.22. The minimum Gasteiger partial charge on any atom is -0.423 e. The zero-order chi connectivity index (χ0) is 20.4. The van der Waals surface area contributed by atoms with Gasteiger partial charge in [-0.1, -0.05) is 41.6 Å². The summed E-state index contributed by atoms with van der Waals surface area (Å²) in [4.78, 5) is 20.2. The fraction of sp³-hybridized carbons (Fsp3) is 0.0556. The van der Waals surface area contributed by atoms with E-state index in [4.69, 9.17) is 5.73 Å². The van der Waals surface area contributed by atoms with Crippen LogP contribution in [0.3, 0.4) is 0 Å². The number of aromatic nitrogens is 5. The monoisotopic (exact) mass is 389 g/mol. The normalized spacial score (nSPS) is 10.8. The predicted molar refractivity (Wildman–Crippen MR) is 106 cm³/mol. The number of anilines is 1. The highest BCUT2D eigenvalue weighted by Crippen LogP contribution is 2.20. The molecule has 4 aromatic rings. The molecule has 3 aromatic heterocycles. The molecule has 0 unspecified atom stereocenters. The molecule has 0 spiro atoms. The van der Waals surface area contributed by atoms with Crippen molar-refractivity contribution in [2.45, 2.75) is 6.54 Å². The number of carbonyl (C=O) groups excluding carboxylic acids is 1. The first kappa shape index (κ1) is 18.5. The highest BCUT2D eigenvalue weighted by atomic mass is 16.4. The van der Waals surface area contributed by atoms with E-state index in [1.54, 1.807) is 12.1 Å². The number of hydrogen-bond acceptors (Lipinski definition) is 8. The summed E-state index contributed by atoms with van der Waals surface area (Å²) in [5, 5.41) is 30.4. The van der Waals surface area contributed by atoms with E-state index in [1.165, 1.54) is 16.8 Å². The van der Waals surface area contributed by atoms with E-state index in [0.717, 1.165) is 5.56 Å². The molecule has 4 rings (SSSR count). The van der Waals surface area contributed by atoms with E-state index in [1.807, 2.05) is 30.3 Å². The van der Waals surface area contributed by atoms with Crippen LogP contribution in [0, 0.1) is 0 Å². The summed E-state index contributed by atoms with van der Waals surface area (Å²) in [6, 6.07) is 14.5. The molecule has 11 heteroatoms. The van der Waals surface area contributed by atoms with Gasteiger partial charge in [0.25, 0.3) is 5.91 Å². The average Bonchev–Trinajstić information content (AvgIpc) is 3.16. The van der Waals surface area contributed by atoms with Crippen LogP contribution in [0.25, 0.3) is 17.0 Å². The summed E-state index contributed by atoms with van der Waals surface area (Å²) in [5.41, 5.74) is 7.49. The second kappa shape index (κ2) is 7.66. The van der Waals surface area contributed by atoms with Gasteiger partial charge < -0.3 is 21.1 Å². The first-order chi connectivity index (χ1) is 14.0. The van der Waals surface area contributed by atoms with E-state index in [0.29, 0.717) is 17.8 Å². The predicted octanol–water partition coefficient (Wildman–Crippen LogP) is -0.423. The Morgan fingerprint density at radius 2 is 1.93 bits per heavy atom. The maximum atomic E-state index is 11.6. The first-order valence-electron chi connectivity index (χ1n) is 8.70. The Balaban J connectivity index is 1.74. The Bertz CT molecular complexity index is 1180. The zero-order valence-electron chi connectivity index (χ0n) is 15.1. The number of nitrogens with one attached hydrogen (secondary N) is 1. The lowest BCUT2D eigenvalue weighted by atomic mass is 9.81. The van der Waals surface area contributed by atoms with Crippen LogP contribution < -0.4 is 16.5 Å². The van der Waals surface area contributed by atoms with E-state index in [2.05, 4.69) is 25.6 Å². The summed E-state index contributed by atoms with van der Waals surface area (Å²) >= 11 is 0. The van der Waals surface area contributed by atoms with Crippen LogP contribution in [0.2, 0.25) is 0 Å². The SMILES string of the molecule is NC(=O)c1cccc2c(-c3ncc(B(O)O)c(NCc4ccccc4)n3)nnn12. The Hall–Kier alpha value is -3.83. The van der Waals surface area contributed by atoms with Gasteiger partial charge in [-0.3, -0.25) is 4.79 Å². The standard InChI is InChI=1S/C18H16BN7O3/c20-16(27)14-8-4-7-13-15(24-25-26(13)14)18-22-10-12(19(28)29)17(23-18)21-9-11-5-2-1-3-6-11/h1-8,10,28-29H,9H2,(H2,20,27)(H,21,22,23). The molecule has 0 saturated heterocycles. The third kappa shape index (κ3) is 3.64. The van der Waals surface area contributed by atoms with Gasteiger partial charge in [-0.05, 0) is 17.7 Å². The average molecular weight is 389 g/mol. The zero-order valence-corrected chi connectivity index (χ0v) is 15.1. The summed E-state index contributed by atoms with van der Waals surface area (Å²) in [6.07, 6.45) is 1.31. The van der Waals surface area contributed by atoms with Crippen molar-refractivity contribution >= 4 is 29.8 Å². The van der Waals surface area contributed by atoms with E-state index >= 15 is 0 Å². The first-order valence-corrected chi connectivity index (χ1v) is 8.70. The molecular formula is C18H16BN7O3. The Morgan fingerprint density at radius 1 is 1.14 bits per heavy atom. The molecule has 0 aliphatic heterocycles. The Labute approximate surface area is 165 Å². The van der Waals surface area contributed by atoms with Crippen molar-refractivity contribution in [3.05, 3.63) is 66.0 Å². The van der Waals surface area contributed by atoms with E-state index < -0.39 is 13.0 Å². The van der Waals surface area contributed by atoms with Crippen LogP contribution >= 0.6 is 0 Å². The van der Waals surface area contributed by atoms with E-state index in [-0.39, 0.29) is 22.8 Å². The van der Waals surface area contributed by atoms with Gasteiger partial charge in [0.1, 0.15) is 11.5 Å². The van der Waals surface area contributed by atoms with Gasteiger partial charge in [0.15, 0.2) is 11.5 Å². The quantitative estimate of drug-likeness (QED) is 0.325. The van der Waals surface area contributed by atoms with Crippen LogP contribution in [0.1, 0.15) is 16.1 Å². The summed E-state index contributed by atoms with van der Waals surface area (Å²) in [6.45, 7) is 0.422. The minimum atomic E-state index is -1.75. The fourth-order valence-electron chi connectivity index (χ4n) is 2.88. The number of nitrogens with zero attached hydrogens (tertiary/aromatic N) is 5. The largest absolute Gasteiger partial charge is 0.493 e. The molecule has 29 heavy (non-hydrogen) atoms. The second-order valence-electron chi connectivity index (χ2n) is 6.22. The number of carbonyl (C=O) groups is 1. The lowest BCUT2D eigenvalue weighted by Gasteiger charge is -2.11. The van der Waals surface area contributed by atoms with Crippen LogP contribution in [0.4, 0.5) is 5.82 Å². The molecule has 10 nitrogen and oxygen atoms in total. The molecular weight excluding hydrogens is 373 g/mol. The van der Waals surface area contributed by atoms with Crippen molar-refractivity contribution in [1.82, 2.24) is 24.8 Å². The lowest BCUT2D eigenvalue weighted by molar-refractivity contribution is 0.0993. The molecule has 144 valence electrons. The van der Waals surface area contributed by atoms with E-state index in [9.17, 15) is 14.8 Å². The van der Waals surface area contributed by atoms with Gasteiger partial charge in [0.05, 0.1) is 5.52 Å². The smallest absolute Gasteiger partial charge is 0.423 e. The molecule has 3 heterocycles. The van der Waals surface area contributed by atoms with Gasteiger partial charge in [-0.2, -0.15) is 0 Å². The molecule has 0 fully saturated rings. The number of amides is 1. The number of pyridine rings is 1. The number of primary amides is 1. The van der Waals surface area contributed by atoms with Gasteiger partial charge in [-0.15, -0.1) is 5.10 Å².